The van der Waals surface area contributed by atoms with E-state index in [1.54, 1.807) is 6.08 Å². The van der Waals surface area contributed by atoms with Crippen LogP contribution in [-0.4, -0.2) is 52.0 Å². The first-order chi connectivity index (χ1) is 13.0. The summed E-state index contributed by atoms with van der Waals surface area (Å²) >= 11 is 0. The summed E-state index contributed by atoms with van der Waals surface area (Å²) in [5, 5.41) is 31.6. The minimum atomic E-state index is -0.797. The molecule has 3 aliphatic rings. The van der Waals surface area contributed by atoms with Crippen LogP contribution in [0, 0.1) is 34.0 Å². The number of ketones is 1. The van der Waals surface area contributed by atoms with Crippen LogP contribution in [-0.2, 0) is 14.3 Å². The van der Waals surface area contributed by atoms with E-state index in [1.165, 1.54) is 0 Å². The summed E-state index contributed by atoms with van der Waals surface area (Å²) in [4.78, 5) is 25.2. The molecule has 2 bridgehead atoms. The maximum atomic E-state index is 13.2. The molecule has 0 aromatic carbocycles. The number of hydrogen-bond acceptors (Lipinski definition) is 6. The lowest BCUT2D eigenvalue weighted by Crippen LogP contribution is -2.66. The van der Waals surface area contributed by atoms with Gasteiger partial charge in [-0.05, 0) is 36.5 Å². The molecule has 3 aliphatic carbocycles. The summed E-state index contributed by atoms with van der Waals surface area (Å²) in [6, 6.07) is 0. The van der Waals surface area contributed by atoms with Crippen molar-refractivity contribution in [2.24, 2.45) is 34.0 Å². The van der Waals surface area contributed by atoms with Crippen molar-refractivity contribution in [1.29, 1.82) is 0 Å². The van der Waals surface area contributed by atoms with Crippen LogP contribution in [0.5, 0.6) is 0 Å². The first-order valence-corrected chi connectivity index (χ1v) is 10.3. The number of ether oxygens (including phenoxy) is 1. The third kappa shape index (κ3) is 2.71. The van der Waals surface area contributed by atoms with Crippen molar-refractivity contribution in [3.8, 4) is 0 Å². The molecule has 28 heavy (non-hydrogen) atoms. The molecule has 3 fully saturated rings. The van der Waals surface area contributed by atoms with E-state index in [2.05, 4.69) is 6.58 Å². The fraction of sp³-hybridized carbons (Fsp3) is 0.818. The van der Waals surface area contributed by atoms with Crippen LogP contribution in [0.1, 0.15) is 53.4 Å². The highest BCUT2D eigenvalue weighted by molar-refractivity contribution is 5.85. The molecule has 3 saturated carbocycles. The Hall–Kier alpha value is -1.24. The Morgan fingerprint density at radius 2 is 1.89 bits per heavy atom. The molecular weight excluding hydrogens is 360 g/mol. The zero-order valence-corrected chi connectivity index (χ0v) is 17.4. The molecule has 3 rings (SSSR count). The summed E-state index contributed by atoms with van der Waals surface area (Å²) < 4.78 is 5.71. The molecule has 3 N–H and O–H groups in total. The second-order valence-electron chi connectivity index (χ2n) is 9.84. The maximum Gasteiger partial charge on any atom is 0.332 e. The van der Waals surface area contributed by atoms with E-state index in [-0.39, 0.29) is 24.0 Å². The van der Waals surface area contributed by atoms with Crippen LogP contribution in [0.4, 0.5) is 0 Å². The van der Waals surface area contributed by atoms with Gasteiger partial charge in [0, 0.05) is 23.2 Å². The largest absolute Gasteiger partial charge is 0.460 e. The van der Waals surface area contributed by atoms with Crippen molar-refractivity contribution in [3.05, 3.63) is 12.7 Å². The predicted molar refractivity (Wildman–Crippen MR) is 103 cm³/mol. The van der Waals surface area contributed by atoms with Gasteiger partial charge in [-0.1, -0.05) is 33.8 Å². The van der Waals surface area contributed by atoms with Gasteiger partial charge in [-0.15, -0.1) is 6.58 Å². The van der Waals surface area contributed by atoms with Gasteiger partial charge in [0.25, 0.3) is 0 Å². The quantitative estimate of drug-likeness (QED) is 0.499. The Labute approximate surface area is 167 Å². The molecule has 0 spiro atoms. The van der Waals surface area contributed by atoms with Gasteiger partial charge in [-0.3, -0.25) is 4.79 Å². The lowest BCUT2D eigenvalue weighted by atomic mass is 9.43. The zero-order valence-electron chi connectivity index (χ0n) is 17.4. The first kappa shape index (κ1) is 21.5. The number of Topliss-reactive ketones (excluding diaryl/α,β-unsaturated/α-hetero) is 1. The summed E-state index contributed by atoms with van der Waals surface area (Å²) in [7, 11) is 0. The number of esters is 1. The van der Waals surface area contributed by atoms with Crippen molar-refractivity contribution < 1.29 is 29.6 Å². The second-order valence-corrected chi connectivity index (χ2v) is 9.84. The maximum absolute atomic E-state index is 13.2. The molecule has 0 saturated heterocycles. The molecule has 6 nitrogen and oxygen atoms in total. The normalized spacial score (nSPS) is 51.0. The van der Waals surface area contributed by atoms with Crippen molar-refractivity contribution in [2.45, 2.75) is 71.7 Å². The topological polar surface area (TPSA) is 104 Å². The van der Waals surface area contributed by atoms with Gasteiger partial charge in [0.1, 0.15) is 18.5 Å². The Kier molecular flexibility index (Phi) is 5.31. The van der Waals surface area contributed by atoms with Crippen molar-refractivity contribution >= 4 is 11.8 Å². The molecule has 0 amide bonds. The molecule has 9 atom stereocenters. The molecule has 0 radical (unpaired) electrons. The minimum Gasteiger partial charge on any atom is -0.460 e. The van der Waals surface area contributed by atoms with Crippen LogP contribution >= 0.6 is 0 Å². The van der Waals surface area contributed by atoms with E-state index in [1.807, 2.05) is 27.7 Å². The molecule has 0 aliphatic heterocycles. The lowest BCUT2D eigenvalue weighted by molar-refractivity contribution is -0.226. The number of rotatable bonds is 3. The summed E-state index contributed by atoms with van der Waals surface area (Å²) in [5.74, 6) is -1.55. The fourth-order valence-corrected chi connectivity index (χ4v) is 6.74. The van der Waals surface area contributed by atoms with Crippen LogP contribution < -0.4 is 0 Å². The third-order valence-electron chi connectivity index (χ3n) is 8.75. The predicted octanol–water partition coefficient (Wildman–Crippen LogP) is 1.86. The Morgan fingerprint density at radius 1 is 1.25 bits per heavy atom. The molecule has 0 heterocycles. The first-order valence-electron chi connectivity index (χ1n) is 10.3. The number of aliphatic hydroxyl groups is 3. The summed E-state index contributed by atoms with van der Waals surface area (Å²) in [5.41, 5.74) is -2.08. The standard InChI is InChI=1S/C22H34O6/c1-6-20(4)10-16(28-17(26)11-23)21(5)12(2)15(25)9-22(13(3)19(20)27)8-7-14(24)18(21)22/h6,12-13,15-16,18-19,23,25,27H,1,7-11H2,2-5H3. The van der Waals surface area contributed by atoms with Crippen LogP contribution in [0.2, 0.25) is 0 Å². The van der Waals surface area contributed by atoms with Crippen LogP contribution in [0.25, 0.3) is 0 Å². The van der Waals surface area contributed by atoms with Gasteiger partial charge in [-0.2, -0.15) is 0 Å². The van der Waals surface area contributed by atoms with Gasteiger partial charge in [0.2, 0.25) is 0 Å². The van der Waals surface area contributed by atoms with Crippen molar-refractivity contribution in [3.63, 3.8) is 0 Å². The summed E-state index contributed by atoms with van der Waals surface area (Å²) in [6.07, 6.45) is 1.28. The van der Waals surface area contributed by atoms with Crippen LogP contribution in [0.3, 0.4) is 0 Å². The van der Waals surface area contributed by atoms with Crippen LogP contribution in [0.15, 0.2) is 12.7 Å². The van der Waals surface area contributed by atoms with E-state index in [0.29, 0.717) is 19.3 Å². The fourth-order valence-electron chi connectivity index (χ4n) is 6.74. The van der Waals surface area contributed by atoms with Crippen molar-refractivity contribution in [2.75, 3.05) is 6.61 Å². The SMILES string of the molecule is C=CC1(C)CC(OC(=O)CO)C2(C)C(C)C(O)CC3(CCC(=O)C32)C(C)C1O. The molecule has 9 unspecified atom stereocenters. The molecule has 0 aromatic heterocycles. The Balaban J connectivity index is 2.25. The number of carbonyl (C=O) groups is 2. The van der Waals surface area contributed by atoms with E-state index in [4.69, 9.17) is 4.74 Å². The average molecular weight is 395 g/mol. The monoisotopic (exact) mass is 394 g/mol. The highest BCUT2D eigenvalue weighted by Gasteiger charge is 2.70. The lowest BCUT2D eigenvalue weighted by Gasteiger charge is -2.62. The van der Waals surface area contributed by atoms with E-state index < -0.39 is 53.1 Å². The van der Waals surface area contributed by atoms with E-state index in [9.17, 15) is 24.9 Å². The molecule has 6 heteroatoms. The highest BCUT2D eigenvalue weighted by Crippen LogP contribution is 2.67. The average Bonchev–Trinajstić information content (AvgIpc) is 3.01. The van der Waals surface area contributed by atoms with Gasteiger partial charge < -0.3 is 20.1 Å². The van der Waals surface area contributed by atoms with E-state index in [0.717, 1.165) is 0 Å². The highest BCUT2D eigenvalue weighted by atomic mass is 16.6. The van der Waals surface area contributed by atoms with Gasteiger partial charge >= 0.3 is 5.97 Å². The number of carbonyl (C=O) groups excluding carboxylic acids is 2. The third-order valence-corrected chi connectivity index (χ3v) is 8.75. The van der Waals surface area contributed by atoms with Gasteiger partial charge in [0.05, 0.1) is 12.2 Å². The number of aliphatic hydroxyl groups excluding tert-OH is 3. The summed E-state index contributed by atoms with van der Waals surface area (Å²) in [6.45, 7) is 10.9. The smallest absolute Gasteiger partial charge is 0.332 e. The molecule has 0 aromatic rings. The van der Waals surface area contributed by atoms with Gasteiger partial charge in [-0.25, -0.2) is 4.79 Å². The Bertz CT molecular complexity index is 676. The van der Waals surface area contributed by atoms with Crippen molar-refractivity contribution in [1.82, 2.24) is 0 Å². The molecular formula is C22H34O6. The second kappa shape index (κ2) is 6.92. The minimum absolute atomic E-state index is 0.118. The van der Waals surface area contributed by atoms with Gasteiger partial charge in [0.15, 0.2) is 0 Å². The van der Waals surface area contributed by atoms with E-state index >= 15 is 0 Å². The Morgan fingerprint density at radius 3 is 2.46 bits per heavy atom. The molecule has 158 valence electrons. The number of hydrogen-bond donors (Lipinski definition) is 3. The zero-order chi connectivity index (χ0) is 21.1.